The predicted molar refractivity (Wildman–Crippen MR) is 109 cm³/mol. The number of hydrogen-bond acceptors (Lipinski definition) is 5. The molecule has 3 aromatic heterocycles. The topological polar surface area (TPSA) is 73.0 Å². The molecule has 4 rings (SSSR count). The summed E-state index contributed by atoms with van der Waals surface area (Å²) in [5.41, 5.74) is 2.19. The first kappa shape index (κ1) is 18.1. The lowest BCUT2D eigenvalue weighted by molar-refractivity contribution is -0.131. The van der Waals surface area contributed by atoms with E-state index in [4.69, 9.17) is 0 Å². The Labute approximate surface area is 165 Å². The number of aromatic nitrogens is 4. The van der Waals surface area contributed by atoms with Crippen LogP contribution in [0.1, 0.15) is 10.4 Å². The second-order valence-electron chi connectivity index (χ2n) is 6.58. The van der Waals surface area contributed by atoms with E-state index >= 15 is 0 Å². The van der Waals surface area contributed by atoms with Gasteiger partial charge in [-0.15, -0.1) is 11.3 Å². The minimum absolute atomic E-state index is 0.0563. The number of carbonyl (C=O) groups excluding carboxylic acids is 1. The van der Waals surface area contributed by atoms with E-state index in [0.717, 1.165) is 10.6 Å². The summed E-state index contributed by atoms with van der Waals surface area (Å²) in [4.78, 5) is 32.5. The fraction of sp³-hybridized carbons (Fsp3) is 0.200. The predicted octanol–water partition coefficient (Wildman–Crippen LogP) is 2.61. The van der Waals surface area contributed by atoms with E-state index < -0.39 is 0 Å². The van der Waals surface area contributed by atoms with E-state index in [1.165, 1.54) is 22.7 Å². The molecule has 7 nitrogen and oxygen atoms in total. The SMILES string of the molecule is Cc1ccsc1CN(C)C(=O)Cn1cnc2c(cnn2-c2ccccc2)c1=O. The molecule has 0 saturated heterocycles. The molecule has 0 bridgehead atoms. The molecule has 0 aliphatic heterocycles. The first-order valence-electron chi connectivity index (χ1n) is 8.80. The van der Waals surface area contributed by atoms with Crippen molar-refractivity contribution >= 4 is 28.3 Å². The van der Waals surface area contributed by atoms with Crippen molar-refractivity contribution in [1.29, 1.82) is 0 Å². The summed E-state index contributed by atoms with van der Waals surface area (Å²) in [7, 11) is 1.74. The van der Waals surface area contributed by atoms with Gasteiger partial charge in [-0.3, -0.25) is 14.2 Å². The molecule has 4 aromatic rings. The zero-order valence-corrected chi connectivity index (χ0v) is 16.4. The molecule has 3 heterocycles. The maximum absolute atomic E-state index is 12.8. The molecule has 142 valence electrons. The number of amides is 1. The lowest BCUT2D eigenvalue weighted by Crippen LogP contribution is -2.33. The average Bonchev–Trinajstić information content (AvgIpc) is 3.31. The Bertz CT molecular complexity index is 1190. The zero-order chi connectivity index (χ0) is 19.7. The van der Waals surface area contributed by atoms with Gasteiger partial charge in [-0.25, -0.2) is 9.67 Å². The third-order valence-electron chi connectivity index (χ3n) is 4.64. The maximum Gasteiger partial charge on any atom is 0.264 e. The van der Waals surface area contributed by atoms with Gasteiger partial charge < -0.3 is 4.90 Å². The molecule has 1 amide bonds. The van der Waals surface area contributed by atoms with Gasteiger partial charge in [0.1, 0.15) is 18.3 Å². The van der Waals surface area contributed by atoms with Crippen LogP contribution in [0.4, 0.5) is 0 Å². The molecule has 0 spiro atoms. The molecule has 0 unspecified atom stereocenters. The lowest BCUT2D eigenvalue weighted by atomic mass is 10.3. The van der Waals surface area contributed by atoms with E-state index in [1.54, 1.807) is 28.0 Å². The van der Waals surface area contributed by atoms with E-state index in [2.05, 4.69) is 10.1 Å². The first-order valence-corrected chi connectivity index (χ1v) is 9.68. The third-order valence-corrected chi connectivity index (χ3v) is 5.64. The largest absolute Gasteiger partial charge is 0.339 e. The Morgan fingerprint density at radius 1 is 1.21 bits per heavy atom. The Morgan fingerprint density at radius 2 is 2.00 bits per heavy atom. The van der Waals surface area contributed by atoms with Crippen LogP contribution in [-0.2, 0) is 17.9 Å². The Morgan fingerprint density at radius 3 is 2.71 bits per heavy atom. The molecule has 0 radical (unpaired) electrons. The number of fused-ring (bicyclic) bond motifs is 1. The summed E-state index contributed by atoms with van der Waals surface area (Å²) in [6, 6.07) is 11.5. The van der Waals surface area contributed by atoms with E-state index in [-0.39, 0.29) is 18.0 Å². The van der Waals surface area contributed by atoms with Crippen molar-refractivity contribution < 1.29 is 4.79 Å². The molecule has 0 aliphatic rings. The van der Waals surface area contributed by atoms with Gasteiger partial charge in [-0.1, -0.05) is 18.2 Å². The summed E-state index contributed by atoms with van der Waals surface area (Å²) in [6.07, 6.45) is 2.91. The van der Waals surface area contributed by atoms with Crippen LogP contribution in [0.2, 0.25) is 0 Å². The van der Waals surface area contributed by atoms with Gasteiger partial charge in [0.2, 0.25) is 5.91 Å². The zero-order valence-electron chi connectivity index (χ0n) is 15.6. The second-order valence-corrected chi connectivity index (χ2v) is 7.58. The molecular weight excluding hydrogens is 374 g/mol. The van der Waals surface area contributed by atoms with Crippen molar-refractivity contribution in [3.05, 3.63) is 75.1 Å². The lowest BCUT2D eigenvalue weighted by Gasteiger charge is -2.17. The van der Waals surface area contributed by atoms with Crippen LogP contribution in [0, 0.1) is 6.92 Å². The minimum Gasteiger partial charge on any atom is -0.339 e. The van der Waals surface area contributed by atoms with Gasteiger partial charge in [-0.05, 0) is 36.1 Å². The number of para-hydroxylation sites is 1. The number of carbonyl (C=O) groups is 1. The molecule has 0 aliphatic carbocycles. The minimum atomic E-state index is -0.277. The Kier molecular flexibility index (Phi) is 4.79. The van der Waals surface area contributed by atoms with Gasteiger partial charge in [0, 0.05) is 11.9 Å². The van der Waals surface area contributed by atoms with Crippen molar-refractivity contribution in [1.82, 2.24) is 24.2 Å². The van der Waals surface area contributed by atoms with E-state index in [1.807, 2.05) is 48.7 Å². The number of nitrogens with zero attached hydrogens (tertiary/aromatic N) is 5. The summed E-state index contributed by atoms with van der Waals surface area (Å²) in [5.74, 6) is -0.147. The van der Waals surface area contributed by atoms with E-state index in [9.17, 15) is 9.59 Å². The highest BCUT2D eigenvalue weighted by atomic mass is 32.1. The van der Waals surface area contributed by atoms with Gasteiger partial charge in [0.15, 0.2) is 5.65 Å². The number of aryl methyl sites for hydroxylation is 1. The van der Waals surface area contributed by atoms with Crippen LogP contribution >= 0.6 is 11.3 Å². The number of thiophene rings is 1. The highest BCUT2D eigenvalue weighted by molar-refractivity contribution is 7.10. The summed E-state index contributed by atoms with van der Waals surface area (Å²) < 4.78 is 2.95. The molecule has 0 fully saturated rings. The number of hydrogen-bond donors (Lipinski definition) is 0. The maximum atomic E-state index is 12.8. The van der Waals surface area contributed by atoms with Crippen molar-refractivity contribution in [2.75, 3.05) is 7.05 Å². The number of likely N-dealkylation sites (N-methyl/N-ethyl adjacent to an activating group) is 1. The molecule has 28 heavy (non-hydrogen) atoms. The highest BCUT2D eigenvalue weighted by Gasteiger charge is 2.16. The van der Waals surface area contributed by atoms with Crippen LogP contribution in [0.5, 0.6) is 0 Å². The summed E-state index contributed by atoms with van der Waals surface area (Å²) in [5, 5.41) is 6.68. The van der Waals surface area contributed by atoms with E-state index in [0.29, 0.717) is 17.6 Å². The van der Waals surface area contributed by atoms with Crippen molar-refractivity contribution in [2.45, 2.75) is 20.0 Å². The molecule has 0 atom stereocenters. The van der Waals surface area contributed by atoms with Crippen LogP contribution in [0.25, 0.3) is 16.7 Å². The van der Waals surface area contributed by atoms with Crippen molar-refractivity contribution in [3.63, 3.8) is 0 Å². The number of rotatable bonds is 5. The standard InChI is InChI=1S/C20H19N5O2S/c1-14-8-9-28-17(14)11-23(2)18(26)12-24-13-21-19-16(20(24)27)10-22-25(19)15-6-4-3-5-7-15/h3-10,13H,11-12H2,1-2H3. The normalized spacial score (nSPS) is 11.1. The van der Waals surface area contributed by atoms with Gasteiger partial charge in [-0.2, -0.15) is 5.10 Å². The Hall–Kier alpha value is -3.26. The van der Waals surface area contributed by atoms with Gasteiger partial charge >= 0.3 is 0 Å². The average molecular weight is 393 g/mol. The fourth-order valence-corrected chi connectivity index (χ4v) is 3.91. The molecule has 1 aromatic carbocycles. The first-order chi connectivity index (χ1) is 13.5. The summed E-state index contributed by atoms with van der Waals surface area (Å²) in [6.45, 7) is 2.49. The van der Waals surface area contributed by atoms with Crippen LogP contribution < -0.4 is 5.56 Å². The van der Waals surface area contributed by atoms with Crippen molar-refractivity contribution in [3.8, 4) is 5.69 Å². The smallest absolute Gasteiger partial charge is 0.264 e. The fourth-order valence-electron chi connectivity index (χ4n) is 2.96. The molecule has 8 heteroatoms. The van der Waals surface area contributed by atoms with Crippen LogP contribution in [0.15, 0.2) is 59.1 Å². The van der Waals surface area contributed by atoms with Gasteiger partial charge in [0.25, 0.3) is 5.56 Å². The Balaban J connectivity index is 1.58. The molecular formula is C20H19N5O2S. The van der Waals surface area contributed by atoms with Gasteiger partial charge in [0.05, 0.1) is 18.4 Å². The summed E-state index contributed by atoms with van der Waals surface area (Å²) >= 11 is 1.62. The third kappa shape index (κ3) is 3.34. The van der Waals surface area contributed by atoms with Crippen LogP contribution in [0.3, 0.4) is 0 Å². The quantitative estimate of drug-likeness (QED) is 0.522. The second kappa shape index (κ2) is 7.40. The highest BCUT2D eigenvalue weighted by Crippen LogP contribution is 2.17. The molecule has 0 saturated carbocycles. The van der Waals surface area contributed by atoms with Crippen molar-refractivity contribution in [2.24, 2.45) is 0 Å². The number of benzene rings is 1. The molecule has 0 N–H and O–H groups in total. The van der Waals surface area contributed by atoms with Crippen LogP contribution in [-0.4, -0.2) is 37.2 Å². The monoisotopic (exact) mass is 393 g/mol.